The van der Waals surface area contributed by atoms with E-state index in [1.165, 1.54) is 61.2 Å². The molecule has 0 aliphatic heterocycles. The monoisotopic (exact) mass is 1430 g/mol. The minimum absolute atomic E-state index is 0.608. The Labute approximate surface area is 621 Å². The van der Waals surface area contributed by atoms with E-state index in [0.717, 1.165) is 120 Å². The van der Waals surface area contributed by atoms with Gasteiger partial charge in [-0.3, -0.25) is 0 Å². The van der Waals surface area contributed by atoms with Crippen LogP contribution in [0.1, 0.15) is 0 Å². The summed E-state index contributed by atoms with van der Waals surface area (Å²) in [4.78, 5) is 40.6. The van der Waals surface area contributed by atoms with E-state index in [-0.39, 0.29) is 0 Å². The maximum absolute atomic E-state index is 6.26. The maximum atomic E-state index is 6.26. The summed E-state index contributed by atoms with van der Waals surface area (Å²) in [5.74, 6) is 3.76. The highest BCUT2D eigenvalue weighted by atomic mass is 32.1. The molecule has 0 spiro atoms. The van der Waals surface area contributed by atoms with Crippen molar-refractivity contribution in [1.82, 2.24) is 39.9 Å². The normalized spacial score (nSPS) is 11.8. The van der Waals surface area contributed by atoms with Gasteiger partial charge in [0, 0.05) is 106 Å². The maximum Gasteiger partial charge on any atom is 0.164 e. The lowest BCUT2D eigenvalue weighted by molar-refractivity contribution is 0.668. The third-order valence-electron chi connectivity index (χ3n) is 19.6. The number of thiazole rings is 2. The zero-order chi connectivity index (χ0) is 69.8. The van der Waals surface area contributed by atoms with Gasteiger partial charge in [-0.2, -0.15) is 0 Å². The van der Waals surface area contributed by atoms with Gasteiger partial charge in [0.25, 0.3) is 0 Å². The number of thiophene rings is 2. The first-order valence-electron chi connectivity index (χ1n) is 34.8. The summed E-state index contributed by atoms with van der Waals surface area (Å²) in [6.45, 7) is 0. The highest BCUT2D eigenvalue weighted by molar-refractivity contribution is 7.27. The lowest BCUT2D eigenvalue weighted by Crippen LogP contribution is -2.00. The number of furan rings is 2. The number of fused-ring (bicyclic) bond motifs is 14. The van der Waals surface area contributed by atoms with Crippen molar-refractivity contribution in [3.05, 3.63) is 315 Å². The summed E-state index contributed by atoms with van der Waals surface area (Å²) < 4.78 is 19.6. The third kappa shape index (κ3) is 10.7. The van der Waals surface area contributed by atoms with Gasteiger partial charge in [-0.25, -0.2) is 39.9 Å². The third-order valence-corrected chi connectivity index (χ3v) is 24.2. The van der Waals surface area contributed by atoms with E-state index >= 15 is 0 Å². The largest absolute Gasteiger partial charge is 0.456 e. The molecule has 10 nitrogen and oxygen atoms in total. The highest BCUT2D eigenvalue weighted by Gasteiger charge is 2.24. The highest BCUT2D eigenvalue weighted by Crippen LogP contribution is 2.48. The van der Waals surface area contributed by atoms with Crippen molar-refractivity contribution in [2.24, 2.45) is 0 Å². The van der Waals surface area contributed by atoms with Crippen molar-refractivity contribution in [2.45, 2.75) is 0 Å². The number of para-hydroxylation sites is 4. The first-order chi connectivity index (χ1) is 52.5. The van der Waals surface area contributed by atoms with Crippen molar-refractivity contribution in [3.8, 4) is 112 Å². The van der Waals surface area contributed by atoms with Crippen molar-refractivity contribution in [1.29, 1.82) is 0 Å². The molecular formula is C92H52N8O2S4. The molecule has 14 heteroatoms. The molecule has 0 fully saturated rings. The lowest BCUT2D eigenvalue weighted by Gasteiger charge is -2.10. The Morgan fingerprint density at radius 1 is 0.198 bits per heavy atom. The van der Waals surface area contributed by atoms with E-state index < -0.39 is 0 Å². The standard InChI is InChI=1S/2C46H26N4OS2/c1-2-11-28(12-3-1)43-48-44(33-16-9-20-37-40(33)31-13-4-6-19-36(31)51-37)50-45(49-43)34-17-10-22-39-41(34)32-15-8-14-30(42(32)52-39)27-23-25-29(26-24-27)46-47-35-18-5-7-21-38(35)53-46;1-2-10-28(11-3-1)43-48-44(30-24-25-38-35(26-30)32-12-4-6-17-37(32)51-38)50-45(49-43)34-15-9-19-40-41(34)33-14-8-13-31(42(33)52-40)27-20-22-29(23-21-27)46-47-36-16-5-7-18-39(36)53-46/h2*1-26H. The van der Waals surface area contributed by atoms with E-state index in [1.54, 1.807) is 22.7 Å². The zero-order valence-corrected chi connectivity index (χ0v) is 59.3. The molecular weight excluding hydrogens is 1380 g/mol. The Hall–Kier alpha value is -13.1. The van der Waals surface area contributed by atoms with Crippen LogP contribution in [0.2, 0.25) is 0 Å². The molecule has 14 aromatic carbocycles. The van der Waals surface area contributed by atoms with Crippen LogP contribution in [0.15, 0.2) is 324 Å². The minimum atomic E-state index is 0.608. The van der Waals surface area contributed by atoms with Crippen LogP contribution < -0.4 is 0 Å². The molecule has 0 radical (unpaired) electrons. The van der Waals surface area contributed by atoms with Gasteiger partial charge in [0.2, 0.25) is 0 Å². The van der Waals surface area contributed by atoms with Gasteiger partial charge in [0.05, 0.1) is 20.4 Å². The summed E-state index contributed by atoms with van der Waals surface area (Å²) in [6, 6.07) is 109. The van der Waals surface area contributed by atoms with Gasteiger partial charge in [-0.05, 0) is 95.1 Å². The molecule has 0 amide bonds. The van der Waals surface area contributed by atoms with Crippen LogP contribution in [-0.2, 0) is 0 Å². The van der Waals surface area contributed by atoms with E-state index in [4.69, 9.17) is 48.7 Å². The van der Waals surface area contributed by atoms with Crippen LogP contribution in [0, 0.1) is 0 Å². The molecule has 0 saturated carbocycles. The number of aromatic nitrogens is 8. The second kappa shape index (κ2) is 25.4. The molecule has 0 saturated heterocycles. The summed E-state index contributed by atoms with van der Waals surface area (Å²) >= 11 is 7.07. The Morgan fingerprint density at radius 3 is 1.09 bits per heavy atom. The first kappa shape index (κ1) is 61.6. The number of rotatable bonds is 10. The molecule has 22 aromatic rings. The fourth-order valence-electron chi connectivity index (χ4n) is 14.6. The molecule has 0 aliphatic rings. The van der Waals surface area contributed by atoms with Crippen molar-refractivity contribution in [2.75, 3.05) is 0 Å². The minimum Gasteiger partial charge on any atom is -0.456 e. The summed E-state index contributed by atoms with van der Waals surface area (Å²) in [7, 11) is 0. The van der Waals surface area contributed by atoms with Crippen LogP contribution in [0.4, 0.5) is 0 Å². The number of nitrogens with zero attached hydrogens (tertiary/aromatic N) is 8. The van der Waals surface area contributed by atoms with Crippen LogP contribution >= 0.6 is 45.3 Å². The van der Waals surface area contributed by atoms with Gasteiger partial charge in [-0.15, -0.1) is 45.3 Å². The fourth-order valence-corrected chi connectivity index (χ4v) is 19.1. The predicted molar refractivity (Wildman–Crippen MR) is 441 cm³/mol. The smallest absolute Gasteiger partial charge is 0.164 e. The second-order valence-corrected chi connectivity index (χ2v) is 30.2. The van der Waals surface area contributed by atoms with Gasteiger partial charge >= 0.3 is 0 Å². The second-order valence-electron chi connectivity index (χ2n) is 26.0. The average molecular weight is 1430 g/mol. The van der Waals surface area contributed by atoms with Gasteiger partial charge < -0.3 is 8.83 Å². The summed E-state index contributed by atoms with van der Waals surface area (Å²) in [6.07, 6.45) is 0. The fraction of sp³-hybridized carbons (Fsp3) is 0. The quantitative estimate of drug-likeness (QED) is 0.130. The molecule has 0 N–H and O–H groups in total. The van der Waals surface area contributed by atoms with Crippen LogP contribution in [0.5, 0.6) is 0 Å². The zero-order valence-electron chi connectivity index (χ0n) is 56.0. The molecule has 0 unspecified atom stereocenters. The molecule has 0 bridgehead atoms. The van der Waals surface area contributed by atoms with Gasteiger partial charge in [0.15, 0.2) is 34.9 Å². The Morgan fingerprint density at radius 2 is 0.557 bits per heavy atom. The molecule has 496 valence electrons. The molecule has 0 atom stereocenters. The van der Waals surface area contributed by atoms with Crippen molar-refractivity contribution >= 4 is 150 Å². The van der Waals surface area contributed by atoms with Gasteiger partial charge in [0.1, 0.15) is 32.3 Å². The van der Waals surface area contributed by atoms with Crippen molar-refractivity contribution in [3.63, 3.8) is 0 Å². The average Bonchev–Trinajstić information content (AvgIpc) is 1.59. The molecule has 8 heterocycles. The topological polar surface area (TPSA) is 129 Å². The SMILES string of the molecule is c1ccc(-c2nc(-c3ccc4oc5ccccc5c4c3)nc(-c3cccc4sc5c(-c6ccc(-c7nc8ccccc8s7)cc6)cccc5c34)n2)cc1.c1ccc(-c2nc(-c3cccc4oc5ccccc5c34)nc(-c3cccc4sc5c(-c6ccc(-c7nc8ccccc8s7)cc6)cccc5c34)n2)cc1. The summed E-state index contributed by atoms with van der Waals surface area (Å²) in [5.41, 5.74) is 18.0. The van der Waals surface area contributed by atoms with Crippen molar-refractivity contribution < 1.29 is 8.83 Å². The number of hydrogen-bond acceptors (Lipinski definition) is 14. The predicted octanol–water partition coefficient (Wildman–Crippen LogP) is 26.2. The van der Waals surface area contributed by atoms with E-state index in [1.807, 2.05) is 156 Å². The van der Waals surface area contributed by atoms with Crippen LogP contribution in [-0.4, -0.2) is 39.9 Å². The Bertz CT molecular complexity index is 7160. The van der Waals surface area contributed by atoms with E-state index in [0.29, 0.717) is 34.9 Å². The van der Waals surface area contributed by atoms with E-state index in [2.05, 4.69) is 182 Å². The Balaban J connectivity index is 0.000000136. The molecule has 8 aromatic heterocycles. The lowest BCUT2D eigenvalue weighted by atomic mass is 9.99. The van der Waals surface area contributed by atoms with Crippen LogP contribution in [0.25, 0.3) is 216 Å². The molecule has 22 rings (SSSR count). The molecule has 106 heavy (non-hydrogen) atoms. The summed E-state index contributed by atoms with van der Waals surface area (Å²) in [5, 5.41) is 10.9. The first-order valence-corrected chi connectivity index (χ1v) is 38.0. The molecule has 0 aliphatic carbocycles. The number of benzene rings is 14. The number of hydrogen-bond donors (Lipinski definition) is 0. The van der Waals surface area contributed by atoms with E-state index in [9.17, 15) is 0 Å². The Kier molecular flexibility index (Phi) is 14.8. The van der Waals surface area contributed by atoms with Gasteiger partial charge in [-0.1, -0.05) is 243 Å². The van der Waals surface area contributed by atoms with Crippen LogP contribution in [0.3, 0.4) is 0 Å².